The van der Waals surface area contributed by atoms with Gasteiger partial charge in [0.05, 0.1) is 41.8 Å². The van der Waals surface area contributed by atoms with E-state index in [-0.39, 0.29) is 28.7 Å². The van der Waals surface area contributed by atoms with Crippen LogP contribution in [0.4, 0.5) is 8.78 Å². The Balaban J connectivity index is 1.47. The van der Waals surface area contributed by atoms with E-state index >= 15 is 0 Å². The van der Waals surface area contributed by atoms with Gasteiger partial charge in [0.1, 0.15) is 24.0 Å². The number of hydrogen-bond acceptors (Lipinski definition) is 7. The molecule has 0 fully saturated rings. The molecule has 2 aromatic heterocycles. The van der Waals surface area contributed by atoms with Crippen LogP contribution in [0.15, 0.2) is 54.3 Å². The third-order valence-electron chi connectivity index (χ3n) is 5.49. The zero-order valence-electron chi connectivity index (χ0n) is 18.7. The van der Waals surface area contributed by atoms with Crippen molar-refractivity contribution >= 4 is 28.5 Å². The molecule has 0 saturated carbocycles. The first-order valence-electron chi connectivity index (χ1n) is 10.5. The molecule has 0 bridgehead atoms. The maximum atomic E-state index is 14.8. The van der Waals surface area contributed by atoms with Gasteiger partial charge in [-0.25, -0.2) is 23.7 Å². The summed E-state index contributed by atoms with van der Waals surface area (Å²) in [5, 5.41) is 0. The van der Waals surface area contributed by atoms with Gasteiger partial charge in [-0.15, -0.1) is 0 Å². The Morgan fingerprint density at radius 3 is 2.85 bits per heavy atom. The van der Waals surface area contributed by atoms with E-state index < -0.39 is 33.2 Å². The first-order valence-corrected chi connectivity index (χ1v) is 11.9. The van der Waals surface area contributed by atoms with Crippen molar-refractivity contribution in [3.63, 3.8) is 0 Å². The van der Waals surface area contributed by atoms with E-state index in [4.69, 9.17) is 10.5 Å². The Labute approximate surface area is 198 Å². The first kappa shape index (κ1) is 23.7. The molecule has 1 aromatic carbocycles. The minimum Gasteiger partial charge on any atom is -0.475 e. The fourth-order valence-corrected chi connectivity index (χ4v) is 4.55. The molecule has 0 amide bonds. The fraction of sp³-hybridized carbons (Fsp3) is 0.304. The molecule has 3 aromatic rings. The van der Waals surface area contributed by atoms with Crippen LogP contribution in [0.3, 0.4) is 0 Å². The van der Waals surface area contributed by atoms with Gasteiger partial charge in [-0.05, 0) is 37.6 Å². The summed E-state index contributed by atoms with van der Waals surface area (Å²) in [6.07, 6.45) is 8.99. The topological polar surface area (TPSA) is 108 Å². The van der Waals surface area contributed by atoms with Crippen LogP contribution in [0.1, 0.15) is 36.7 Å². The summed E-state index contributed by atoms with van der Waals surface area (Å²) in [6, 6.07) is 3.44. The van der Waals surface area contributed by atoms with Gasteiger partial charge in [-0.1, -0.05) is 6.07 Å². The zero-order chi connectivity index (χ0) is 24.3. The molecule has 2 unspecified atom stereocenters. The van der Waals surface area contributed by atoms with Crippen molar-refractivity contribution in [1.29, 1.82) is 0 Å². The first-order chi connectivity index (χ1) is 16.2. The smallest absolute Gasteiger partial charge is 0.232 e. The van der Waals surface area contributed by atoms with Crippen LogP contribution < -0.4 is 10.5 Å². The van der Waals surface area contributed by atoms with E-state index in [1.807, 2.05) is 10.8 Å². The summed E-state index contributed by atoms with van der Waals surface area (Å²) in [7, 11) is -1.33. The van der Waals surface area contributed by atoms with Gasteiger partial charge in [-0.2, -0.15) is 0 Å². The van der Waals surface area contributed by atoms with E-state index in [0.717, 1.165) is 0 Å². The molecule has 34 heavy (non-hydrogen) atoms. The molecular formula is C23H24F2N6O2S. The molecule has 4 rings (SSSR count). The second-order valence-corrected chi connectivity index (χ2v) is 10.3. The molecule has 1 aliphatic heterocycles. The second-order valence-electron chi connectivity index (χ2n) is 8.21. The lowest BCUT2D eigenvalue weighted by atomic mass is 10.0. The van der Waals surface area contributed by atoms with Gasteiger partial charge >= 0.3 is 0 Å². The normalized spacial score (nSPS) is 20.1. The van der Waals surface area contributed by atoms with Crippen LogP contribution in [0.5, 0.6) is 5.88 Å². The minimum atomic E-state index is -1.33. The maximum Gasteiger partial charge on any atom is 0.232 e. The predicted octanol–water partition coefficient (Wildman–Crippen LogP) is 3.30. The largest absolute Gasteiger partial charge is 0.475 e. The monoisotopic (exact) mass is 486 g/mol. The van der Waals surface area contributed by atoms with E-state index in [9.17, 15) is 13.0 Å². The summed E-state index contributed by atoms with van der Waals surface area (Å²) in [4.78, 5) is 16.4. The summed E-state index contributed by atoms with van der Waals surface area (Å²) < 4.78 is 48.5. The molecule has 3 heterocycles. The van der Waals surface area contributed by atoms with Crippen molar-refractivity contribution in [2.24, 2.45) is 10.7 Å². The molecule has 11 heteroatoms. The maximum absolute atomic E-state index is 14.8. The van der Waals surface area contributed by atoms with E-state index in [2.05, 4.69) is 19.9 Å². The highest BCUT2D eigenvalue weighted by molar-refractivity contribution is 7.87. The molecule has 0 aliphatic carbocycles. The van der Waals surface area contributed by atoms with Crippen LogP contribution in [-0.4, -0.2) is 46.7 Å². The Morgan fingerprint density at radius 2 is 2.18 bits per heavy atom. The number of halogens is 2. The third-order valence-corrected chi connectivity index (χ3v) is 7.46. The van der Waals surface area contributed by atoms with Gasteiger partial charge in [0.15, 0.2) is 5.83 Å². The standard InChI is InChI=1S/C23H24F2N6O2S/c1-23(2)22(26)30-20(13-34(23)32)16-9-15(3-4-17(16)24)10-18(25)19-11-29-21(12-28-19)33-8-7-31-6-5-27-14-31/h3-6,9-12,14,20H,7-8,13H2,1-2H3,(H2,26,30)/b18-10-. The third kappa shape index (κ3) is 5.19. The number of aliphatic imine (C=N–C) groups is 1. The molecule has 0 spiro atoms. The quantitative estimate of drug-likeness (QED) is 0.549. The molecule has 8 nitrogen and oxygen atoms in total. The number of rotatable bonds is 7. The number of benzene rings is 1. The average molecular weight is 487 g/mol. The van der Waals surface area contributed by atoms with Gasteiger partial charge < -0.3 is 15.0 Å². The van der Waals surface area contributed by atoms with Gasteiger partial charge in [-0.3, -0.25) is 9.20 Å². The number of ether oxygens (including phenoxy) is 1. The van der Waals surface area contributed by atoms with Crippen LogP contribution in [0.2, 0.25) is 0 Å². The summed E-state index contributed by atoms with van der Waals surface area (Å²) in [6.45, 7) is 4.42. The fourth-order valence-electron chi connectivity index (χ4n) is 3.30. The van der Waals surface area contributed by atoms with Crippen molar-refractivity contribution in [3.05, 3.63) is 72.0 Å². The lowest BCUT2D eigenvalue weighted by Gasteiger charge is -2.31. The molecule has 0 saturated heterocycles. The SMILES string of the molecule is CC1(C)C(N)=NC(c2cc(/C=C(\F)c3cnc(OCCn4ccnc4)cn3)ccc2F)CS1=O. The highest BCUT2D eigenvalue weighted by Gasteiger charge is 2.37. The lowest BCUT2D eigenvalue weighted by Crippen LogP contribution is -2.47. The Morgan fingerprint density at radius 1 is 1.35 bits per heavy atom. The van der Waals surface area contributed by atoms with Gasteiger partial charge in [0.25, 0.3) is 0 Å². The predicted molar refractivity (Wildman–Crippen MR) is 127 cm³/mol. The summed E-state index contributed by atoms with van der Waals surface area (Å²) in [5.74, 6) is -0.562. The van der Waals surface area contributed by atoms with Crippen LogP contribution in [0, 0.1) is 5.82 Å². The van der Waals surface area contributed by atoms with Gasteiger partial charge in [0.2, 0.25) is 5.88 Å². The highest BCUT2D eigenvalue weighted by Crippen LogP contribution is 2.32. The Kier molecular flexibility index (Phi) is 6.82. The van der Waals surface area contributed by atoms with E-state index in [1.165, 1.54) is 36.7 Å². The molecule has 2 N–H and O–H groups in total. The van der Waals surface area contributed by atoms with Crippen molar-refractivity contribution in [2.75, 3.05) is 12.4 Å². The Hall–Kier alpha value is -3.47. The van der Waals surface area contributed by atoms with Crippen molar-refractivity contribution in [3.8, 4) is 5.88 Å². The van der Waals surface area contributed by atoms with Crippen LogP contribution in [-0.2, 0) is 17.3 Å². The van der Waals surface area contributed by atoms with Gasteiger partial charge in [0, 0.05) is 28.8 Å². The number of hydrogen-bond donors (Lipinski definition) is 1. The highest BCUT2D eigenvalue weighted by atomic mass is 32.2. The second kappa shape index (κ2) is 9.80. The van der Waals surface area contributed by atoms with E-state index in [0.29, 0.717) is 18.7 Å². The molecule has 0 radical (unpaired) electrons. The molecule has 2 atom stereocenters. The summed E-state index contributed by atoms with van der Waals surface area (Å²) >= 11 is 0. The Bertz CT molecular complexity index is 1240. The number of imidazole rings is 1. The van der Waals surface area contributed by atoms with Crippen molar-refractivity contribution < 1.29 is 17.7 Å². The number of amidine groups is 1. The van der Waals surface area contributed by atoms with Crippen LogP contribution >= 0.6 is 0 Å². The average Bonchev–Trinajstić information content (AvgIpc) is 3.33. The zero-order valence-corrected chi connectivity index (χ0v) is 19.5. The lowest BCUT2D eigenvalue weighted by molar-refractivity contribution is 0.286. The molecular weight excluding hydrogens is 462 g/mol. The minimum absolute atomic E-state index is 0.00983. The number of aromatic nitrogens is 4. The summed E-state index contributed by atoms with van der Waals surface area (Å²) in [5.41, 5.74) is 6.60. The van der Waals surface area contributed by atoms with Crippen LogP contribution in [0.25, 0.3) is 11.9 Å². The van der Waals surface area contributed by atoms with Crippen molar-refractivity contribution in [1.82, 2.24) is 19.5 Å². The molecule has 178 valence electrons. The number of nitrogens with zero attached hydrogens (tertiary/aromatic N) is 5. The van der Waals surface area contributed by atoms with E-state index in [1.54, 1.807) is 26.4 Å². The molecule has 1 aliphatic rings. The number of nitrogens with two attached hydrogens (primary N) is 1. The van der Waals surface area contributed by atoms with Crippen molar-refractivity contribution in [2.45, 2.75) is 31.2 Å².